The molecule has 0 aromatic heterocycles. The number of rotatable bonds is 10. The van der Waals surface area contributed by atoms with Crippen molar-refractivity contribution in [1.29, 1.82) is 0 Å². The molecule has 1 aliphatic carbocycles. The molecule has 0 saturated heterocycles. The fourth-order valence-corrected chi connectivity index (χ4v) is 4.83. The molecule has 0 saturated carbocycles. The summed E-state index contributed by atoms with van der Waals surface area (Å²) in [5, 5.41) is 0. The van der Waals surface area contributed by atoms with Crippen LogP contribution in [0.4, 0.5) is 0 Å². The third-order valence-electron chi connectivity index (χ3n) is 5.81. The summed E-state index contributed by atoms with van der Waals surface area (Å²) in [6, 6.07) is 9.12. The van der Waals surface area contributed by atoms with Crippen molar-refractivity contribution in [2.45, 2.75) is 84.0 Å². The highest BCUT2D eigenvalue weighted by Gasteiger charge is 2.43. The van der Waals surface area contributed by atoms with Gasteiger partial charge < -0.3 is 0 Å². The van der Waals surface area contributed by atoms with Crippen molar-refractivity contribution in [2.24, 2.45) is 0 Å². The predicted octanol–water partition coefficient (Wildman–Crippen LogP) is 8.06. The molecule has 0 amide bonds. The summed E-state index contributed by atoms with van der Waals surface area (Å²) in [5.74, 6) is 0.788. The first kappa shape index (κ1) is 20.3. The minimum absolute atomic E-state index is 0.216. The summed E-state index contributed by atoms with van der Waals surface area (Å²) in [7, 11) is 0. The third kappa shape index (κ3) is 4.40. The molecule has 1 aliphatic rings. The van der Waals surface area contributed by atoms with E-state index in [2.05, 4.69) is 57.2 Å². The fraction of sp³-hybridized carbons (Fsp3) is 0.583. The Morgan fingerprint density at radius 1 is 0.880 bits per heavy atom. The van der Waals surface area contributed by atoms with Crippen LogP contribution in [0, 0.1) is 0 Å². The summed E-state index contributed by atoms with van der Waals surface area (Å²) < 4.78 is 0. The van der Waals surface area contributed by atoms with Crippen LogP contribution >= 0.6 is 11.6 Å². The van der Waals surface area contributed by atoms with Crippen molar-refractivity contribution in [3.05, 3.63) is 53.1 Å². The normalized spacial score (nSPS) is 22.7. The summed E-state index contributed by atoms with van der Waals surface area (Å²) in [4.78, 5) is 0. The number of alkyl halides is 1. The first-order chi connectivity index (χ1) is 12.2. The predicted molar refractivity (Wildman–Crippen MR) is 113 cm³/mol. The number of hydrogen-bond acceptors (Lipinski definition) is 0. The van der Waals surface area contributed by atoms with Crippen LogP contribution in [-0.2, 0) is 5.41 Å². The molecule has 0 heterocycles. The Hall–Kier alpha value is -1.01. The molecule has 0 bridgehead atoms. The second-order valence-corrected chi connectivity index (χ2v) is 7.72. The molecule has 1 atom stereocenters. The van der Waals surface area contributed by atoms with Crippen LogP contribution in [0.1, 0.15) is 89.7 Å². The molecule has 0 spiro atoms. The average molecular weight is 359 g/mol. The standard InChI is InChI=1S/C24H35Cl/c1-4-7-8-12-17-24(18-13-9-14-19-25)22(6-3)20(5-2)21-15-10-11-16-23(21)24/h5-6,10-11,15-16H,4,7-9,12-14,17-19H2,1-3H3/b20-5-,22-6+. The zero-order valence-corrected chi connectivity index (χ0v) is 17.2. The van der Waals surface area contributed by atoms with E-state index >= 15 is 0 Å². The van der Waals surface area contributed by atoms with E-state index in [-0.39, 0.29) is 5.41 Å². The maximum Gasteiger partial charge on any atom is 0.0223 e. The molecule has 0 N–H and O–H groups in total. The average Bonchev–Trinajstić information content (AvgIpc) is 2.92. The molecule has 0 aliphatic heterocycles. The zero-order valence-electron chi connectivity index (χ0n) is 16.4. The van der Waals surface area contributed by atoms with Gasteiger partial charge in [-0.15, -0.1) is 11.6 Å². The molecule has 1 aromatic carbocycles. The van der Waals surface area contributed by atoms with Gasteiger partial charge in [0.25, 0.3) is 0 Å². The molecular weight excluding hydrogens is 324 g/mol. The number of benzene rings is 1. The van der Waals surface area contributed by atoms with E-state index in [0.717, 1.165) is 12.3 Å². The van der Waals surface area contributed by atoms with Gasteiger partial charge in [-0.05, 0) is 55.4 Å². The van der Waals surface area contributed by atoms with Gasteiger partial charge in [-0.25, -0.2) is 0 Å². The molecule has 25 heavy (non-hydrogen) atoms. The number of hydrogen-bond donors (Lipinski definition) is 0. The van der Waals surface area contributed by atoms with Crippen LogP contribution < -0.4 is 0 Å². The lowest BCUT2D eigenvalue weighted by Crippen LogP contribution is -2.25. The van der Waals surface area contributed by atoms with Crippen molar-refractivity contribution in [2.75, 3.05) is 5.88 Å². The van der Waals surface area contributed by atoms with E-state index < -0.39 is 0 Å². The third-order valence-corrected chi connectivity index (χ3v) is 6.08. The SMILES string of the molecule is C/C=C1\C(=C/C)c2ccccc2C1(CCCCCC)CCCCCCl. The highest BCUT2D eigenvalue weighted by Crippen LogP contribution is 2.55. The van der Waals surface area contributed by atoms with Gasteiger partial charge in [0.05, 0.1) is 0 Å². The van der Waals surface area contributed by atoms with Crippen LogP contribution in [0.25, 0.3) is 5.57 Å². The number of allylic oxidation sites excluding steroid dienone is 4. The second kappa shape index (κ2) is 10.2. The van der Waals surface area contributed by atoms with Gasteiger partial charge in [0.15, 0.2) is 0 Å². The van der Waals surface area contributed by atoms with Crippen LogP contribution in [0.2, 0.25) is 0 Å². The second-order valence-electron chi connectivity index (χ2n) is 7.34. The molecule has 1 unspecified atom stereocenters. The van der Waals surface area contributed by atoms with Crippen molar-refractivity contribution in [3.8, 4) is 0 Å². The van der Waals surface area contributed by atoms with E-state index in [1.807, 2.05) is 0 Å². The Kier molecular flexibility index (Phi) is 8.30. The lowest BCUT2D eigenvalue weighted by atomic mass is 9.70. The smallest absolute Gasteiger partial charge is 0.0223 e. The largest absolute Gasteiger partial charge is 0.127 e. The molecule has 138 valence electrons. The Morgan fingerprint density at radius 3 is 2.16 bits per heavy atom. The quantitative estimate of drug-likeness (QED) is 0.293. The summed E-state index contributed by atoms with van der Waals surface area (Å²) in [5.41, 5.74) is 6.28. The van der Waals surface area contributed by atoms with Gasteiger partial charge in [0.1, 0.15) is 0 Å². The molecule has 1 aromatic rings. The maximum atomic E-state index is 5.91. The monoisotopic (exact) mass is 358 g/mol. The van der Waals surface area contributed by atoms with Crippen LogP contribution in [-0.4, -0.2) is 5.88 Å². The topological polar surface area (TPSA) is 0 Å². The number of unbranched alkanes of at least 4 members (excludes halogenated alkanes) is 5. The lowest BCUT2D eigenvalue weighted by molar-refractivity contribution is 0.403. The van der Waals surface area contributed by atoms with Crippen molar-refractivity contribution < 1.29 is 0 Å². The van der Waals surface area contributed by atoms with Gasteiger partial charge >= 0.3 is 0 Å². The fourth-order valence-electron chi connectivity index (χ4n) is 4.64. The van der Waals surface area contributed by atoms with E-state index in [0.29, 0.717) is 0 Å². The maximum absolute atomic E-state index is 5.91. The van der Waals surface area contributed by atoms with Crippen LogP contribution in [0.3, 0.4) is 0 Å². The van der Waals surface area contributed by atoms with Gasteiger partial charge in [0, 0.05) is 11.3 Å². The number of halogens is 1. The molecule has 0 radical (unpaired) electrons. The summed E-state index contributed by atoms with van der Waals surface area (Å²) in [6.07, 6.45) is 16.2. The molecule has 0 nitrogen and oxygen atoms in total. The highest BCUT2D eigenvalue weighted by atomic mass is 35.5. The Bertz CT molecular complexity index is 582. The minimum atomic E-state index is 0.216. The van der Waals surface area contributed by atoms with E-state index in [1.165, 1.54) is 62.5 Å². The summed E-state index contributed by atoms with van der Waals surface area (Å²) in [6.45, 7) is 6.71. The summed E-state index contributed by atoms with van der Waals surface area (Å²) >= 11 is 5.91. The van der Waals surface area contributed by atoms with Crippen LogP contribution in [0.15, 0.2) is 42.0 Å². The Balaban J connectivity index is 2.36. The first-order valence-corrected chi connectivity index (χ1v) is 10.8. The van der Waals surface area contributed by atoms with E-state index in [1.54, 1.807) is 11.1 Å². The molecule has 0 fully saturated rings. The number of fused-ring (bicyclic) bond motifs is 1. The van der Waals surface area contributed by atoms with Crippen LogP contribution in [0.5, 0.6) is 0 Å². The van der Waals surface area contributed by atoms with Gasteiger partial charge in [-0.2, -0.15) is 0 Å². The van der Waals surface area contributed by atoms with Crippen molar-refractivity contribution >= 4 is 17.2 Å². The van der Waals surface area contributed by atoms with E-state index in [9.17, 15) is 0 Å². The minimum Gasteiger partial charge on any atom is -0.127 e. The Labute approximate surface area is 160 Å². The zero-order chi connectivity index (χ0) is 18.1. The highest BCUT2D eigenvalue weighted by molar-refractivity contribution is 6.17. The van der Waals surface area contributed by atoms with E-state index in [4.69, 9.17) is 11.6 Å². The molecule has 1 heteroatoms. The lowest BCUT2D eigenvalue weighted by Gasteiger charge is -2.33. The Morgan fingerprint density at radius 2 is 1.56 bits per heavy atom. The van der Waals surface area contributed by atoms with Crippen molar-refractivity contribution in [1.82, 2.24) is 0 Å². The van der Waals surface area contributed by atoms with Gasteiger partial charge in [0.2, 0.25) is 0 Å². The first-order valence-electron chi connectivity index (χ1n) is 10.2. The van der Waals surface area contributed by atoms with Crippen molar-refractivity contribution in [3.63, 3.8) is 0 Å². The molecular formula is C24H35Cl. The van der Waals surface area contributed by atoms with Gasteiger partial charge in [-0.3, -0.25) is 0 Å². The molecule has 2 rings (SSSR count). The van der Waals surface area contributed by atoms with Gasteiger partial charge in [-0.1, -0.05) is 81.9 Å².